The van der Waals surface area contributed by atoms with Crippen molar-refractivity contribution in [1.29, 1.82) is 5.41 Å². The molecule has 3 rings (SSSR count). The van der Waals surface area contributed by atoms with E-state index in [0.29, 0.717) is 11.7 Å². The van der Waals surface area contributed by atoms with Crippen LogP contribution in [0.15, 0.2) is 75.6 Å². The first-order chi connectivity index (χ1) is 16.0. The molecule has 0 aromatic rings. The number of nitrogens with two attached hydrogens (primary N) is 3. The molecule has 3 heterocycles. The summed E-state index contributed by atoms with van der Waals surface area (Å²) in [5, 5.41) is 22.3. The molecule has 3 aliphatic rings. The number of rotatable bonds is 10. The van der Waals surface area contributed by atoms with Crippen LogP contribution in [0.3, 0.4) is 0 Å². The summed E-state index contributed by atoms with van der Waals surface area (Å²) < 4.78 is 5.44. The van der Waals surface area contributed by atoms with E-state index in [1.54, 1.807) is 12.3 Å². The Morgan fingerprint density at radius 1 is 1.33 bits per heavy atom. The zero-order chi connectivity index (χ0) is 23.6. The number of nitrogens with one attached hydrogen (secondary N) is 3. The second kappa shape index (κ2) is 12.1. The number of hydrogen-bond donors (Lipinski definition) is 6. The molecule has 0 aromatic heterocycles. The normalized spacial score (nSPS) is 20.0. The Balaban J connectivity index is 1.63. The Morgan fingerprint density at radius 3 is 2.82 bits per heavy atom. The van der Waals surface area contributed by atoms with Gasteiger partial charge in [0.1, 0.15) is 17.9 Å². The summed E-state index contributed by atoms with van der Waals surface area (Å²) in [7, 11) is 0. The monoisotopic (exact) mass is 451 g/mol. The van der Waals surface area contributed by atoms with Gasteiger partial charge in [0.15, 0.2) is 6.21 Å². The number of ether oxygens (including phenoxy) is 1. The fourth-order valence-corrected chi connectivity index (χ4v) is 3.87. The average molecular weight is 452 g/mol. The second-order valence-electron chi connectivity index (χ2n) is 8.70. The predicted molar refractivity (Wildman–Crippen MR) is 133 cm³/mol. The van der Waals surface area contributed by atoms with E-state index in [9.17, 15) is 0 Å². The molecule has 8 nitrogen and oxygen atoms in total. The van der Waals surface area contributed by atoms with Crippen LogP contribution < -0.4 is 27.1 Å². The first-order valence-electron chi connectivity index (χ1n) is 11.6. The average Bonchev–Trinajstić information content (AvgIpc) is 2.82. The summed E-state index contributed by atoms with van der Waals surface area (Å²) in [6.45, 7) is 6.85. The Morgan fingerprint density at radius 2 is 2.12 bits per heavy atom. The number of fused-ring (bicyclic) bond motifs is 1. The van der Waals surface area contributed by atoms with Gasteiger partial charge in [0, 0.05) is 31.2 Å². The second-order valence-corrected chi connectivity index (χ2v) is 8.70. The summed E-state index contributed by atoms with van der Waals surface area (Å²) in [5.74, 6) is 1.96. The number of hydrogen-bond acceptors (Lipinski definition) is 5. The highest BCUT2D eigenvalue weighted by atomic mass is 16.5. The molecule has 33 heavy (non-hydrogen) atoms. The van der Waals surface area contributed by atoms with Crippen molar-refractivity contribution in [2.75, 3.05) is 19.8 Å². The minimum atomic E-state index is 0.209. The van der Waals surface area contributed by atoms with Gasteiger partial charge in [-0.2, -0.15) is 0 Å². The molecular weight excluding hydrogens is 414 g/mol. The maximum atomic E-state index is 7.52. The van der Waals surface area contributed by atoms with E-state index >= 15 is 0 Å². The van der Waals surface area contributed by atoms with Gasteiger partial charge in [0.05, 0.1) is 23.5 Å². The molecule has 9 N–H and O–H groups in total. The lowest BCUT2D eigenvalue weighted by molar-refractivity contribution is -0.589. The third-order valence-electron chi connectivity index (χ3n) is 5.93. The molecular formula is C25H37N7O+2. The van der Waals surface area contributed by atoms with Crippen molar-refractivity contribution >= 4 is 18.3 Å². The van der Waals surface area contributed by atoms with Gasteiger partial charge in [-0.05, 0) is 61.0 Å². The Kier molecular flexibility index (Phi) is 8.97. The van der Waals surface area contributed by atoms with Crippen LogP contribution in [0, 0.1) is 17.2 Å². The minimum absolute atomic E-state index is 0.209. The lowest BCUT2D eigenvalue weighted by Gasteiger charge is -2.23. The molecule has 3 aliphatic heterocycles. The maximum absolute atomic E-state index is 7.52. The highest BCUT2D eigenvalue weighted by Crippen LogP contribution is 2.22. The number of amidine groups is 1. The third kappa shape index (κ3) is 7.13. The molecule has 176 valence electrons. The van der Waals surface area contributed by atoms with E-state index in [1.165, 1.54) is 12.6 Å². The first-order valence-corrected chi connectivity index (χ1v) is 11.6. The topological polar surface area (TPSA) is 138 Å². The smallest absolute Gasteiger partial charge is 0.173 e. The van der Waals surface area contributed by atoms with Crippen molar-refractivity contribution in [3.63, 3.8) is 0 Å². The maximum Gasteiger partial charge on any atom is 0.173 e. The van der Waals surface area contributed by atoms with Crippen LogP contribution in [0.2, 0.25) is 0 Å². The van der Waals surface area contributed by atoms with Crippen molar-refractivity contribution in [2.45, 2.75) is 33.1 Å². The number of nitrogens with zero attached hydrogens (tertiary/aromatic N) is 1. The van der Waals surface area contributed by atoms with Crippen molar-refractivity contribution in [2.24, 2.45) is 22.6 Å². The van der Waals surface area contributed by atoms with Crippen LogP contribution in [0.25, 0.3) is 0 Å². The van der Waals surface area contributed by atoms with E-state index in [0.717, 1.165) is 66.6 Å². The number of quaternary nitrogens is 1. The highest BCUT2D eigenvalue weighted by Gasteiger charge is 2.18. The molecule has 0 spiro atoms. The number of aliphatic imine (C=N–C) groups is 1. The molecule has 1 fully saturated rings. The molecule has 1 saturated heterocycles. The van der Waals surface area contributed by atoms with Crippen molar-refractivity contribution < 1.29 is 15.5 Å². The van der Waals surface area contributed by atoms with Crippen molar-refractivity contribution in [3.05, 3.63) is 70.6 Å². The Hall–Kier alpha value is -3.23. The minimum Gasteiger partial charge on any atom is -0.384 e. The van der Waals surface area contributed by atoms with E-state index in [2.05, 4.69) is 33.2 Å². The molecule has 0 unspecified atom stereocenters. The van der Waals surface area contributed by atoms with Gasteiger partial charge in [0.25, 0.3) is 0 Å². The van der Waals surface area contributed by atoms with E-state index in [4.69, 9.17) is 21.3 Å². The summed E-state index contributed by atoms with van der Waals surface area (Å²) in [4.78, 5) is 4.46. The van der Waals surface area contributed by atoms with Crippen LogP contribution in [0.4, 0.5) is 0 Å². The van der Waals surface area contributed by atoms with E-state index in [-0.39, 0.29) is 5.92 Å². The Bertz CT molecular complexity index is 957. The summed E-state index contributed by atoms with van der Waals surface area (Å²) in [6, 6.07) is 0. The summed E-state index contributed by atoms with van der Waals surface area (Å²) >= 11 is 0. The van der Waals surface area contributed by atoms with Crippen LogP contribution in [0.5, 0.6) is 0 Å². The third-order valence-corrected chi connectivity index (χ3v) is 5.93. The predicted octanol–water partition coefficient (Wildman–Crippen LogP) is 0.369. The lowest BCUT2D eigenvalue weighted by Crippen LogP contribution is -2.78. The Labute approximate surface area is 196 Å². The molecule has 0 saturated carbocycles. The zero-order valence-electron chi connectivity index (χ0n) is 19.6. The van der Waals surface area contributed by atoms with Crippen LogP contribution >= 0.6 is 0 Å². The quantitative estimate of drug-likeness (QED) is 0.162. The molecule has 0 bridgehead atoms. The van der Waals surface area contributed by atoms with Crippen LogP contribution in [0.1, 0.15) is 33.1 Å². The summed E-state index contributed by atoms with van der Waals surface area (Å²) in [6.07, 6.45) is 18.1. The first kappa shape index (κ1) is 24.4. The SMILES string of the molecule is CC(C)C(C=N)=CC(N)=NC1=CC=C2NC=C(C(C=[NH2+])=C[NH2+]CCC3CCOCC3)C=C2N1. The van der Waals surface area contributed by atoms with Gasteiger partial charge in [0.2, 0.25) is 0 Å². The van der Waals surface area contributed by atoms with Gasteiger partial charge in [-0.15, -0.1) is 0 Å². The molecule has 0 aliphatic carbocycles. The largest absolute Gasteiger partial charge is 0.384 e. The van der Waals surface area contributed by atoms with Gasteiger partial charge < -0.3 is 31.8 Å². The zero-order valence-corrected chi connectivity index (χ0v) is 19.6. The van der Waals surface area contributed by atoms with Gasteiger partial charge in [-0.3, -0.25) is 5.41 Å². The molecule has 0 amide bonds. The number of dihydropyridines is 2. The fraction of sp³-hybridized carbons (Fsp3) is 0.400. The van der Waals surface area contributed by atoms with Crippen molar-refractivity contribution in [3.8, 4) is 0 Å². The standard InChI is InChI=1S/C25H35N7O/c1-17(2)19(13-26)12-24(28)32-25-4-3-22-23(31-25)11-20(16-30-22)21(14-27)15-29-8-5-18-6-9-33-10-7-18/h3-4,11-18,26-27,29-31H,5-10H2,1-2H3,(H2,28,32)/p+2. The number of allylic oxidation sites excluding steroid dienone is 6. The molecule has 0 aromatic carbocycles. The summed E-state index contributed by atoms with van der Waals surface area (Å²) in [5.41, 5.74) is 10.7. The van der Waals surface area contributed by atoms with E-state index < -0.39 is 0 Å². The lowest BCUT2D eigenvalue weighted by atomic mass is 9.97. The highest BCUT2D eigenvalue weighted by molar-refractivity contribution is 5.97. The fourth-order valence-electron chi connectivity index (χ4n) is 3.87. The van der Waals surface area contributed by atoms with Gasteiger partial charge in [-0.25, -0.2) is 4.99 Å². The van der Waals surface area contributed by atoms with Gasteiger partial charge >= 0.3 is 0 Å². The molecule has 8 heteroatoms. The molecule has 0 radical (unpaired) electrons. The van der Waals surface area contributed by atoms with Crippen LogP contribution in [-0.4, -0.2) is 38.0 Å². The van der Waals surface area contributed by atoms with Crippen molar-refractivity contribution in [1.82, 2.24) is 10.6 Å². The molecule has 0 atom stereocenters. The van der Waals surface area contributed by atoms with Gasteiger partial charge in [-0.1, -0.05) is 13.8 Å². The van der Waals surface area contributed by atoms with E-state index in [1.807, 2.05) is 32.2 Å². The van der Waals surface area contributed by atoms with Crippen LogP contribution in [-0.2, 0) is 4.74 Å².